The summed E-state index contributed by atoms with van der Waals surface area (Å²) < 4.78 is 1.87. The fraction of sp³-hybridized carbons (Fsp3) is 0. The summed E-state index contributed by atoms with van der Waals surface area (Å²) in [6, 6.07) is 16.1. The van der Waals surface area contributed by atoms with Gasteiger partial charge in [-0.2, -0.15) is 0 Å². The van der Waals surface area contributed by atoms with Crippen LogP contribution in [-0.2, 0) is 0 Å². The second kappa shape index (κ2) is 5.29. The van der Waals surface area contributed by atoms with Crippen molar-refractivity contribution in [2.75, 3.05) is 0 Å². The number of para-hydroxylation sites is 1. The molecule has 0 aliphatic rings. The van der Waals surface area contributed by atoms with Crippen LogP contribution in [0.25, 0.3) is 27.8 Å². The summed E-state index contributed by atoms with van der Waals surface area (Å²) >= 11 is 0. The highest BCUT2D eigenvalue weighted by atomic mass is 15.1. The van der Waals surface area contributed by atoms with Gasteiger partial charge in [0.15, 0.2) is 0 Å². The Hall–Kier alpha value is -3.21. The molecule has 0 aliphatic carbocycles. The Labute approximate surface area is 127 Å². The van der Waals surface area contributed by atoms with Gasteiger partial charge in [-0.3, -0.25) is 0 Å². The second-order valence-electron chi connectivity index (χ2n) is 4.84. The third-order valence-electron chi connectivity index (χ3n) is 3.48. The maximum atomic E-state index is 4.46. The average molecular weight is 286 g/mol. The van der Waals surface area contributed by atoms with E-state index in [1.807, 2.05) is 47.0 Å². The Balaban J connectivity index is 1.89. The normalized spacial score (nSPS) is 10.7. The highest BCUT2D eigenvalue weighted by Crippen LogP contribution is 2.25. The summed E-state index contributed by atoms with van der Waals surface area (Å²) in [5.41, 5.74) is 3.88. The largest absolute Gasteiger partial charge is 0.263 e. The van der Waals surface area contributed by atoms with Crippen molar-refractivity contribution < 1.29 is 4.57 Å². The van der Waals surface area contributed by atoms with E-state index in [0.29, 0.717) is 0 Å². The summed E-state index contributed by atoms with van der Waals surface area (Å²) in [4.78, 5) is 16.9. The maximum Gasteiger partial charge on any atom is 0.263 e. The average Bonchev–Trinajstić information content (AvgIpc) is 2.62. The lowest BCUT2D eigenvalue weighted by molar-refractivity contribution is -0.602. The van der Waals surface area contributed by atoms with Crippen LogP contribution in [0.3, 0.4) is 0 Å². The number of hydrogen-bond acceptors (Lipinski definition) is 4. The lowest BCUT2D eigenvalue weighted by Crippen LogP contribution is -2.30. The van der Waals surface area contributed by atoms with Gasteiger partial charge in [-0.25, -0.2) is 14.5 Å². The highest BCUT2D eigenvalue weighted by molar-refractivity contribution is 5.92. The van der Waals surface area contributed by atoms with Crippen molar-refractivity contribution in [2.45, 2.75) is 0 Å². The van der Waals surface area contributed by atoms with Gasteiger partial charge in [0.2, 0.25) is 12.7 Å². The van der Waals surface area contributed by atoms with Crippen molar-refractivity contribution in [1.29, 1.82) is 0 Å². The summed E-state index contributed by atoms with van der Waals surface area (Å²) in [5, 5.41) is 1.04. The fourth-order valence-corrected chi connectivity index (χ4v) is 2.45. The molecule has 0 spiro atoms. The molecule has 0 atom stereocenters. The zero-order chi connectivity index (χ0) is 14.8. The van der Waals surface area contributed by atoms with Crippen LogP contribution in [-0.4, -0.2) is 19.9 Å². The summed E-state index contributed by atoms with van der Waals surface area (Å²) in [6.45, 7) is 0. The summed E-state index contributed by atoms with van der Waals surface area (Å²) in [7, 11) is 0. The first-order chi connectivity index (χ1) is 10.9. The number of hydrogen-bond donors (Lipinski definition) is 0. The van der Waals surface area contributed by atoms with E-state index in [2.05, 4.69) is 26.0 Å². The molecule has 104 valence electrons. The smallest absolute Gasteiger partial charge is 0.236 e. The molecule has 0 N–H and O–H groups in total. The molecule has 2 aromatic heterocycles. The van der Waals surface area contributed by atoms with Crippen LogP contribution in [0.1, 0.15) is 0 Å². The molecule has 0 saturated carbocycles. The molecule has 0 unspecified atom stereocenters. The van der Waals surface area contributed by atoms with Crippen LogP contribution in [0.5, 0.6) is 0 Å². The van der Waals surface area contributed by atoms with Gasteiger partial charge in [-0.15, -0.1) is 0 Å². The SMILES string of the molecule is c1cc(-c2ncnc3ccccc23)cc(-[n+]2cncnc2)c1. The fourth-order valence-electron chi connectivity index (χ4n) is 2.45. The molecule has 5 nitrogen and oxygen atoms in total. The minimum absolute atomic E-state index is 0.921. The van der Waals surface area contributed by atoms with Crippen LogP contribution in [0.15, 0.2) is 73.8 Å². The van der Waals surface area contributed by atoms with Crippen LogP contribution in [0, 0.1) is 0 Å². The standard InChI is InChI=1S/C17H12N5/c1-2-7-16-15(6-1)17(21-10-20-16)13-4-3-5-14(8-13)22-11-18-9-19-12-22/h1-12H/q+1. The van der Waals surface area contributed by atoms with E-state index in [1.165, 1.54) is 6.33 Å². The van der Waals surface area contributed by atoms with E-state index in [9.17, 15) is 0 Å². The zero-order valence-corrected chi connectivity index (χ0v) is 11.7. The van der Waals surface area contributed by atoms with E-state index < -0.39 is 0 Å². The molecule has 2 heterocycles. The quantitative estimate of drug-likeness (QED) is 0.531. The minimum atomic E-state index is 0.921. The Morgan fingerprint density at radius 1 is 0.773 bits per heavy atom. The van der Waals surface area contributed by atoms with E-state index in [4.69, 9.17) is 0 Å². The molecule has 0 bridgehead atoms. The van der Waals surface area contributed by atoms with E-state index in [-0.39, 0.29) is 0 Å². The van der Waals surface area contributed by atoms with Crippen LogP contribution in [0.2, 0.25) is 0 Å². The number of rotatable bonds is 2. The lowest BCUT2D eigenvalue weighted by atomic mass is 10.1. The van der Waals surface area contributed by atoms with Gasteiger partial charge in [0.1, 0.15) is 12.0 Å². The number of nitrogens with zero attached hydrogens (tertiary/aromatic N) is 5. The van der Waals surface area contributed by atoms with Crippen molar-refractivity contribution >= 4 is 10.9 Å². The summed E-state index contributed by atoms with van der Waals surface area (Å²) in [6.07, 6.45) is 6.57. The predicted octanol–water partition coefficient (Wildman–Crippen LogP) is 2.36. The first-order valence-electron chi connectivity index (χ1n) is 6.89. The molecule has 4 rings (SSSR count). The first-order valence-corrected chi connectivity index (χ1v) is 6.89. The van der Waals surface area contributed by atoms with Gasteiger partial charge < -0.3 is 0 Å². The third-order valence-corrected chi connectivity index (χ3v) is 3.48. The van der Waals surface area contributed by atoms with Crippen molar-refractivity contribution in [2.24, 2.45) is 0 Å². The molecule has 0 fully saturated rings. The van der Waals surface area contributed by atoms with E-state index >= 15 is 0 Å². The lowest BCUT2D eigenvalue weighted by Gasteiger charge is -2.06. The van der Waals surface area contributed by atoms with E-state index in [0.717, 1.165) is 27.8 Å². The molecule has 0 saturated heterocycles. The Morgan fingerprint density at radius 2 is 1.64 bits per heavy atom. The molecule has 4 aromatic rings. The number of benzene rings is 2. The van der Waals surface area contributed by atoms with Crippen molar-refractivity contribution in [1.82, 2.24) is 19.9 Å². The molecule has 2 aromatic carbocycles. The molecule has 0 aliphatic heterocycles. The van der Waals surface area contributed by atoms with E-state index in [1.54, 1.807) is 19.0 Å². The molecular formula is C17H12N5+. The van der Waals surface area contributed by atoms with Crippen molar-refractivity contribution in [3.05, 3.63) is 73.8 Å². The van der Waals surface area contributed by atoms with Crippen molar-refractivity contribution in [3.8, 4) is 16.9 Å². The monoisotopic (exact) mass is 286 g/mol. The van der Waals surface area contributed by atoms with Gasteiger partial charge in [0.25, 0.3) is 6.33 Å². The van der Waals surface area contributed by atoms with Crippen LogP contribution < -0.4 is 4.57 Å². The Bertz CT molecular complexity index is 932. The van der Waals surface area contributed by atoms with Gasteiger partial charge >= 0.3 is 0 Å². The minimum Gasteiger partial charge on any atom is -0.236 e. The maximum absolute atomic E-state index is 4.46. The molecule has 0 radical (unpaired) electrons. The summed E-state index contributed by atoms with van der Waals surface area (Å²) in [5.74, 6) is 0. The van der Waals surface area contributed by atoms with Gasteiger partial charge in [0, 0.05) is 10.9 Å². The van der Waals surface area contributed by atoms with Gasteiger partial charge in [0.05, 0.1) is 11.2 Å². The molecule has 5 heteroatoms. The highest BCUT2D eigenvalue weighted by Gasteiger charge is 2.08. The predicted molar refractivity (Wildman–Crippen MR) is 82.1 cm³/mol. The van der Waals surface area contributed by atoms with Gasteiger partial charge in [-0.05, 0) is 18.2 Å². The molecule has 0 amide bonds. The number of fused-ring (bicyclic) bond motifs is 1. The number of aromatic nitrogens is 5. The van der Waals surface area contributed by atoms with Crippen molar-refractivity contribution in [3.63, 3.8) is 0 Å². The Morgan fingerprint density at radius 3 is 2.55 bits per heavy atom. The third kappa shape index (κ3) is 2.18. The topological polar surface area (TPSA) is 55.4 Å². The zero-order valence-electron chi connectivity index (χ0n) is 11.7. The molecule has 22 heavy (non-hydrogen) atoms. The van der Waals surface area contributed by atoms with Crippen LogP contribution in [0.4, 0.5) is 0 Å². The second-order valence-corrected chi connectivity index (χ2v) is 4.84. The van der Waals surface area contributed by atoms with Gasteiger partial charge in [-0.1, -0.05) is 40.3 Å². The molecular weight excluding hydrogens is 274 g/mol. The first kappa shape index (κ1) is 12.5. The Kier molecular flexibility index (Phi) is 3.01. The van der Waals surface area contributed by atoms with Crippen LogP contribution >= 0.6 is 0 Å².